The molecule has 0 radical (unpaired) electrons. The molecular formula is C22H15ClF3NO4S. The number of sulfone groups is 1. The monoisotopic (exact) mass is 481 g/mol. The number of carbonyl (C=O) groups is 1. The third-order valence-corrected chi connectivity index (χ3v) is 6.34. The SMILES string of the molecule is COC(=O)/C=C/c1cc(F)c(S(=O)(=O)c2ccc(Cl)cc2)nc1Cc1cc(F)ccc1F. The molecule has 0 fully saturated rings. The molecule has 0 saturated carbocycles. The Labute approximate surface area is 187 Å². The summed E-state index contributed by atoms with van der Waals surface area (Å²) in [7, 11) is -3.27. The molecule has 0 aliphatic heterocycles. The van der Waals surface area contributed by atoms with Gasteiger partial charge in [0.25, 0.3) is 0 Å². The zero-order valence-electron chi connectivity index (χ0n) is 16.5. The molecule has 0 amide bonds. The third kappa shape index (κ3) is 5.17. The van der Waals surface area contributed by atoms with Crippen molar-refractivity contribution in [1.29, 1.82) is 0 Å². The van der Waals surface area contributed by atoms with Crippen LogP contribution in [0.2, 0.25) is 5.02 Å². The van der Waals surface area contributed by atoms with Gasteiger partial charge in [-0.1, -0.05) is 11.6 Å². The minimum absolute atomic E-state index is 0.00776. The molecule has 0 spiro atoms. The van der Waals surface area contributed by atoms with E-state index in [1.165, 1.54) is 24.3 Å². The lowest BCUT2D eigenvalue weighted by molar-refractivity contribution is -0.134. The standard InChI is InChI=1S/C22H15ClF3NO4S/c1-31-21(28)9-2-13-11-19(26)22(32(29,30)17-6-3-15(23)4-7-17)27-20(13)12-14-10-16(24)5-8-18(14)25/h2-11H,12H2,1H3/b9-2+. The van der Waals surface area contributed by atoms with Gasteiger partial charge >= 0.3 is 5.97 Å². The Morgan fingerprint density at radius 2 is 1.75 bits per heavy atom. The van der Waals surface area contributed by atoms with Crippen LogP contribution in [0, 0.1) is 17.5 Å². The van der Waals surface area contributed by atoms with Crippen LogP contribution in [-0.2, 0) is 25.8 Å². The number of rotatable bonds is 6. The smallest absolute Gasteiger partial charge is 0.330 e. The minimum Gasteiger partial charge on any atom is -0.466 e. The van der Waals surface area contributed by atoms with Gasteiger partial charge in [-0.05, 0) is 65.7 Å². The first-order valence-corrected chi connectivity index (χ1v) is 10.9. The normalized spacial score (nSPS) is 11.7. The highest BCUT2D eigenvalue weighted by Gasteiger charge is 2.26. The lowest BCUT2D eigenvalue weighted by atomic mass is 10.0. The van der Waals surface area contributed by atoms with Crippen LogP contribution in [0.15, 0.2) is 64.5 Å². The first kappa shape index (κ1) is 23.5. The van der Waals surface area contributed by atoms with Crippen molar-refractivity contribution in [2.24, 2.45) is 0 Å². The summed E-state index contributed by atoms with van der Waals surface area (Å²) in [5.41, 5.74) is -0.234. The van der Waals surface area contributed by atoms with Crippen molar-refractivity contribution in [2.45, 2.75) is 16.3 Å². The predicted molar refractivity (Wildman–Crippen MR) is 111 cm³/mol. The Balaban J connectivity index is 2.17. The quantitative estimate of drug-likeness (QED) is 0.375. The molecule has 32 heavy (non-hydrogen) atoms. The highest BCUT2D eigenvalue weighted by molar-refractivity contribution is 7.91. The summed E-state index contributed by atoms with van der Waals surface area (Å²) in [4.78, 5) is 15.1. The van der Waals surface area contributed by atoms with E-state index in [-0.39, 0.29) is 33.2 Å². The van der Waals surface area contributed by atoms with Gasteiger partial charge in [0, 0.05) is 17.5 Å². The molecule has 2 aromatic carbocycles. The molecule has 0 aliphatic rings. The number of benzene rings is 2. The van der Waals surface area contributed by atoms with Crippen molar-refractivity contribution in [1.82, 2.24) is 4.98 Å². The molecule has 3 rings (SSSR count). The highest BCUT2D eigenvalue weighted by atomic mass is 35.5. The van der Waals surface area contributed by atoms with E-state index in [4.69, 9.17) is 11.6 Å². The van der Waals surface area contributed by atoms with E-state index in [9.17, 15) is 26.4 Å². The number of ether oxygens (including phenoxy) is 1. The van der Waals surface area contributed by atoms with Crippen LogP contribution < -0.4 is 0 Å². The van der Waals surface area contributed by atoms with E-state index in [1.54, 1.807) is 0 Å². The number of carbonyl (C=O) groups excluding carboxylic acids is 1. The number of hydrogen-bond donors (Lipinski definition) is 0. The van der Waals surface area contributed by atoms with Crippen LogP contribution in [0.4, 0.5) is 13.2 Å². The van der Waals surface area contributed by atoms with Gasteiger partial charge in [-0.2, -0.15) is 0 Å². The lowest BCUT2D eigenvalue weighted by Gasteiger charge is -2.12. The van der Waals surface area contributed by atoms with Crippen LogP contribution in [0.1, 0.15) is 16.8 Å². The van der Waals surface area contributed by atoms with E-state index in [1.807, 2.05) is 0 Å². The zero-order valence-corrected chi connectivity index (χ0v) is 18.1. The fraction of sp³-hybridized carbons (Fsp3) is 0.0909. The van der Waals surface area contributed by atoms with Gasteiger partial charge in [-0.25, -0.2) is 31.4 Å². The Hall–Kier alpha value is -3.17. The summed E-state index contributed by atoms with van der Waals surface area (Å²) >= 11 is 5.78. The van der Waals surface area contributed by atoms with Gasteiger partial charge in [0.2, 0.25) is 9.84 Å². The number of hydrogen-bond acceptors (Lipinski definition) is 5. The molecule has 0 saturated heterocycles. The maximum absolute atomic E-state index is 14.8. The van der Waals surface area contributed by atoms with Crippen LogP contribution in [0.5, 0.6) is 0 Å². The number of halogens is 4. The number of nitrogens with zero attached hydrogens (tertiary/aromatic N) is 1. The van der Waals surface area contributed by atoms with Crippen molar-refractivity contribution in [2.75, 3.05) is 7.11 Å². The summed E-state index contributed by atoms with van der Waals surface area (Å²) in [6.45, 7) is 0. The van der Waals surface area contributed by atoms with E-state index >= 15 is 0 Å². The molecule has 1 aromatic heterocycles. The second-order valence-corrected chi connectivity index (χ2v) is 8.84. The number of pyridine rings is 1. The molecule has 0 unspecified atom stereocenters. The minimum atomic E-state index is -4.40. The van der Waals surface area contributed by atoms with Gasteiger partial charge in [0.15, 0.2) is 10.8 Å². The van der Waals surface area contributed by atoms with Gasteiger partial charge in [-0.15, -0.1) is 0 Å². The van der Waals surface area contributed by atoms with E-state index in [0.717, 1.165) is 43.5 Å². The Morgan fingerprint density at radius 3 is 2.41 bits per heavy atom. The summed E-state index contributed by atoms with van der Waals surface area (Å²) in [6.07, 6.45) is 1.75. The van der Waals surface area contributed by atoms with Crippen molar-refractivity contribution in [3.8, 4) is 0 Å². The molecule has 3 aromatic rings. The number of methoxy groups -OCH3 is 1. The average Bonchev–Trinajstić information content (AvgIpc) is 2.76. The van der Waals surface area contributed by atoms with Gasteiger partial charge in [-0.3, -0.25) is 0 Å². The van der Waals surface area contributed by atoms with Crippen LogP contribution in [-0.4, -0.2) is 26.5 Å². The Kier molecular flexibility index (Phi) is 7.00. The molecule has 1 heterocycles. The number of aromatic nitrogens is 1. The third-order valence-electron chi connectivity index (χ3n) is 4.40. The zero-order chi connectivity index (χ0) is 23.5. The molecule has 0 atom stereocenters. The fourth-order valence-electron chi connectivity index (χ4n) is 2.81. The van der Waals surface area contributed by atoms with Crippen LogP contribution in [0.3, 0.4) is 0 Å². The molecule has 10 heteroatoms. The number of esters is 1. The average molecular weight is 482 g/mol. The molecule has 0 N–H and O–H groups in total. The molecule has 5 nitrogen and oxygen atoms in total. The summed E-state index contributed by atoms with van der Waals surface area (Å²) in [5.74, 6) is -3.43. The topological polar surface area (TPSA) is 73.3 Å². The van der Waals surface area contributed by atoms with Gasteiger partial charge < -0.3 is 4.74 Å². The first-order valence-electron chi connectivity index (χ1n) is 9.02. The fourth-order valence-corrected chi connectivity index (χ4v) is 4.20. The lowest BCUT2D eigenvalue weighted by Crippen LogP contribution is -2.11. The van der Waals surface area contributed by atoms with Gasteiger partial charge in [0.05, 0.1) is 17.7 Å². The highest BCUT2D eigenvalue weighted by Crippen LogP contribution is 2.27. The Morgan fingerprint density at radius 1 is 1.06 bits per heavy atom. The van der Waals surface area contributed by atoms with Crippen molar-refractivity contribution in [3.63, 3.8) is 0 Å². The largest absolute Gasteiger partial charge is 0.466 e. The molecule has 166 valence electrons. The van der Waals surface area contributed by atoms with Crippen LogP contribution >= 0.6 is 11.6 Å². The van der Waals surface area contributed by atoms with E-state index < -0.39 is 38.3 Å². The van der Waals surface area contributed by atoms with Gasteiger partial charge in [0.1, 0.15) is 11.6 Å². The second-order valence-electron chi connectivity index (χ2n) is 6.54. The maximum atomic E-state index is 14.8. The Bertz CT molecular complexity index is 1310. The molecular weight excluding hydrogens is 467 g/mol. The maximum Gasteiger partial charge on any atom is 0.330 e. The first-order chi connectivity index (χ1) is 15.1. The summed E-state index contributed by atoms with van der Waals surface area (Å²) < 4.78 is 73.0. The molecule has 0 aliphatic carbocycles. The van der Waals surface area contributed by atoms with Crippen molar-refractivity contribution < 1.29 is 31.1 Å². The molecule has 0 bridgehead atoms. The van der Waals surface area contributed by atoms with Crippen LogP contribution in [0.25, 0.3) is 6.08 Å². The second kappa shape index (κ2) is 9.54. The summed E-state index contributed by atoms with van der Waals surface area (Å²) in [5, 5.41) is -0.621. The van der Waals surface area contributed by atoms with Crippen molar-refractivity contribution in [3.05, 3.63) is 93.9 Å². The predicted octanol–water partition coefficient (Wildman–Crippen LogP) is 4.76. The van der Waals surface area contributed by atoms with E-state index in [2.05, 4.69) is 9.72 Å². The van der Waals surface area contributed by atoms with E-state index in [0.29, 0.717) is 0 Å². The van der Waals surface area contributed by atoms with Crippen molar-refractivity contribution >= 4 is 33.5 Å². The summed E-state index contributed by atoms with van der Waals surface area (Å²) in [6, 6.07) is 8.62.